The first-order chi connectivity index (χ1) is 8.38. The van der Waals surface area contributed by atoms with Crippen LogP contribution in [0.25, 0.3) is 0 Å². The molecule has 1 aliphatic rings. The molecule has 1 aliphatic carbocycles. The third-order valence-corrected chi connectivity index (χ3v) is 3.82. The van der Waals surface area contributed by atoms with Gasteiger partial charge in [0.05, 0.1) is 0 Å². The van der Waals surface area contributed by atoms with Crippen molar-refractivity contribution >= 4 is 27.8 Å². The molecular weight excluding hydrogens is 298 g/mol. The monoisotopic (exact) mass is 317 g/mol. The van der Waals surface area contributed by atoms with E-state index in [1.807, 2.05) is 13.8 Å². The number of alkyl halides is 1. The van der Waals surface area contributed by atoms with Gasteiger partial charge in [-0.3, -0.25) is 4.79 Å². The van der Waals surface area contributed by atoms with Gasteiger partial charge < -0.3 is 10.4 Å². The van der Waals surface area contributed by atoms with E-state index in [0.29, 0.717) is 6.42 Å². The van der Waals surface area contributed by atoms with Crippen LogP contribution < -0.4 is 5.32 Å². The predicted molar refractivity (Wildman–Crippen MR) is 73.4 cm³/mol. The van der Waals surface area contributed by atoms with Gasteiger partial charge in [-0.2, -0.15) is 0 Å². The van der Waals surface area contributed by atoms with Crippen molar-refractivity contribution in [3.63, 3.8) is 0 Å². The molecular formula is C13H20BrNO3. The fourth-order valence-corrected chi connectivity index (χ4v) is 2.21. The van der Waals surface area contributed by atoms with Crippen molar-refractivity contribution in [1.82, 2.24) is 5.32 Å². The molecule has 0 aromatic rings. The van der Waals surface area contributed by atoms with E-state index in [1.165, 1.54) is 0 Å². The molecule has 1 amide bonds. The maximum atomic E-state index is 11.8. The molecule has 1 unspecified atom stereocenters. The first kappa shape index (κ1) is 15.2. The lowest BCUT2D eigenvalue weighted by Crippen LogP contribution is -2.29. The minimum absolute atomic E-state index is 0.0114. The maximum absolute atomic E-state index is 11.8. The smallest absolute Gasteiger partial charge is 0.352 e. The Hall–Kier alpha value is -0.840. The highest BCUT2D eigenvalue weighted by Crippen LogP contribution is 2.51. The molecule has 0 aromatic carbocycles. The molecule has 0 radical (unpaired) electrons. The summed E-state index contributed by atoms with van der Waals surface area (Å²) in [5.41, 5.74) is 0.0289. The van der Waals surface area contributed by atoms with Crippen LogP contribution in [0.5, 0.6) is 0 Å². The molecule has 1 fully saturated rings. The zero-order valence-corrected chi connectivity index (χ0v) is 12.4. The number of amides is 1. The van der Waals surface area contributed by atoms with Gasteiger partial charge in [-0.25, -0.2) is 4.79 Å². The van der Waals surface area contributed by atoms with Crippen LogP contribution in [0.4, 0.5) is 0 Å². The molecule has 0 heterocycles. The quantitative estimate of drug-likeness (QED) is 0.431. The summed E-state index contributed by atoms with van der Waals surface area (Å²) in [4.78, 5) is 22.8. The topological polar surface area (TPSA) is 66.4 Å². The lowest BCUT2D eigenvalue weighted by atomic mass is 10.1. The van der Waals surface area contributed by atoms with Gasteiger partial charge in [0.25, 0.3) is 0 Å². The average Bonchev–Trinajstić information content (AvgIpc) is 2.92. The first-order valence-corrected chi connectivity index (χ1v) is 7.31. The van der Waals surface area contributed by atoms with Crippen LogP contribution >= 0.6 is 15.9 Å². The fourth-order valence-electron chi connectivity index (χ4n) is 1.81. The molecule has 5 heteroatoms. The maximum Gasteiger partial charge on any atom is 0.352 e. The van der Waals surface area contributed by atoms with Crippen LogP contribution in [0.3, 0.4) is 0 Å². The Morgan fingerprint density at radius 3 is 2.50 bits per heavy atom. The first-order valence-electron chi connectivity index (χ1n) is 6.19. The number of carbonyl (C=O) groups is 2. The Balaban J connectivity index is 2.48. The largest absolute Gasteiger partial charge is 0.477 e. The molecule has 2 N–H and O–H groups in total. The second kappa shape index (κ2) is 6.36. The standard InChI is InChI=1S/C13H20BrNO3/c1-13(2)8-9(13)11(16)15-10(12(17)18)6-4-3-5-7-14/h6,9H,3-5,7-8H2,1-2H3,(H,15,16)(H,17,18). The summed E-state index contributed by atoms with van der Waals surface area (Å²) < 4.78 is 0. The summed E-state index contributed by atoms with van der Waals surface area (Å²) in [5, 5.41) is 12.4. The zero-order chi connectivity index (χ0) is 13.8. The van der Waals surface area contributed by atoms with Gasteiger partial charge >= 0.3 is 5.97 Å². The number of hydrogen-bond donors (Lipinski definition) is 2. The predicted octanol–water partition coefficient (Wildman–Crippen LogP) is 2.68. The molecule has 1 rings (SSSR count). The molecule has 1 atom stereocenters. The van der Waals surface area contributed by atoms with Gasteiger partial charge in [0.2, 0.25) is 5.91 Å². The van der Waals surface area contributed by atoms with Gasteiger partial charge in [-0.1, -0.05) is 35.9 Å². The lowest BCUT2D eigenvalue weighted by molar-refractivity contribution is -0.135. The minimum Gasteiger partial charge on any atom is -0.477 e. The molecule has 1 saturated carbocycles. The molecule has 0 aromatic heterocycles. The number of carbonyl (C=O) groups excluding carboxylic acids is 1. The number of allylic oxidation sites excluding steroid dienone is 1. The molecule has 18 heavy (non-hydrogen) atoms. The van der Waals surface area contributed by atoms with Crippen molar-refractivity contribution in [3.8, 4) is 0 Å². The van der Waals surface area contributed by atoms with Crippen LogP contribution in [-0.2, 0) is 9.59 Å². The van der Waals surface area contributed by atoms with Crippen LogP contribution in [0.1, 0.15) is 39.5 Å². The van der Waals surface area contributed by atoms with Crippen LogP contribution in [0, 0.1) is 11.3 Å². The van der Waals surface area contributed by atoms with Crippen LogP contribution in [0.2, 0.25) is 0 Å². The molecule has 0 spiro atoms. The lowest BCUT2D eigenvalue weighted by Gasteiger charge is -2.07. The summed E-state index contributed by atoms with van der Waals surface area (Å²) in [6.45, 7) is 4.02. The molecule has 0 saturated heterocycles. The normalized spacial score (nSPS) is 21.5. The van der Waals surface area contributed by atoms with Crippen LogP contribution in [-0.4, -0.2) is 22.3 Å². The summed E-state index contributed by atoms with van der Waals surface area (Å²) in [6, 6.07) is 0. The highest BCUT2D eigenvalue weighted by Gasteiger charge is 2.50. The summed E-state index contributed by atoms with van der Waals surface area (Å²) in [5.74, 6) is -1.29. The summed E-state index contributed by atoms with van der Waals surface area (Å²) in [7, 11) is 0. The van der Waals surface area contributed by atoms with Crippen molar-refractivity contribution in [2.24, 2.45) is 11.3 Å². The average molecular weight is 318 g/mol. The van der Waals surface area contributed by atoms with Crippen molar-refractivity contribution in [2.45, 2.75) is 39.5 Å². The van der Waals surface area contributed by atoms with E-state index >= 15 is 0 Å². The number of carboxylic acids is 1. The number of unbranched alkanes of at least 4 members (excludes halogenated alkanes) is 2. The Morgan fingerprint density at radius 1 is 1.44 bits per heavy atom. The third-order valence-electron chi connectivity index (χ3n) is 3.25. The van der Waals surface area contributed by atoms with Gasteiger partial charge in [0.15, 0.2) is 0 Å². The van der Waals surface area contributed by atoms with Crippen molar-refractivity contribution in [1.29, 1.82) is 0 Å². The van der Waals surface area contributed by atoms with Gasteiger partial charge in [0.1, 0.15) is 5.70 Å². The number of halogens is 1. The molecule has 4 nitrogen and oxygen atoms in total. The van der Waals surface area contributed by atoms with E-state index in [4.69, 9.17) is 5.11 Å². The number of nitrogens with one attached hydrogen (secondary N) is 1. The Morgan fingerprint density at radius 2 is 2.06 bits per heavy atom. The number of carboxylic acid groups (broad SMARTS) is 1. The van der Waals surface area contributed by atoms with Gasteiger partial charge in [-0.15, -0.1) is 0 Å². The second-order valence-electron chi connectivity index (χ2n) is 5.34. The third kappa shape index (κ3) is 4.44. The van der Waals surface area contributed by atoms with E-state index in [2.05, 4.69) is 21.2 Å². The van der Waals surface area contributed by atoms with Crippen LogP contribution in [0.15, 0.2) is 11.8 Å². The van der Waals surface area contributed by atoms with E-state index in [-0.39, 0.29) is 22.9 Å². The SMILES string of the molecule is CC1(C)CC1C(=O)NC(=CCCCCBr)C(=O)O. The van der Waals surface area contributed by atoms with E-state index in [9.17, 15) is 9.59 Å². The number of rotatable bonds is 7. The van der Waals surface area contributed by atoms with E-state index in [0.717, 1.165) is 24.6 Å². The van der Waals surface area contributed by atoms with Gasteiger partial charge in [0, 0.05) is 11.2 Å². The highest BCUT2D eigenvalue weighted by atomic mass is 79.9. The van der Waals surface area contributed by atoms with E-state index in [1.54, 1.807) is 6.08 Å². The van der Waals surface area contributed by atoms with Crippen molar-refractivity contribution in [2.75, 3.05) is 5.33 Å². The Bertz CT molecular complexity index is 363. The summed E-state index contributed by atoms with van der Waals surface area (Å²) in [6.07, 6.45) is 5.00. The zero-order valence-electron chi connectivity index (χ0n) is 10.8. The summed E-state index contributed by atoms with van der Waals surface area (Å²) >= 11 is 3.32. The second-order valence-corrected chi connectivity index (χ2v) is 6.14. The number of aliphatic carboxylic acids is 1. The highest BCUT2D eigenvalue weighted by molar-refractivity contribution is 9.09. The minimum atomic E-state index is -1.07. The molecule has 102 valence electrons. The molecule has 0 aliphatic heterocycles. The Labute approximate surface area is 116 Å². The van der Waals surface area contributed by atoms with Crippen molar-refractivity contribution in [3.05, 3.63) is 11.8 Å². The van der Waals surface area contributed by atoms with Gasteiger partial charge in [-0.05, 0) is 31.1 Å². The van der Waals surface area contributed by atoms with Crippen molar-refractivity contribution < 1.29 is 14.7 Å². The number of hydrogen-bond acceptors (Lipinski definition) is 2. The molecule has 0 bridgehead atoms. The Kier molecular flexibility index (Phi) is 5.38. The van der Waals surface area contributed by atoms with E-state index < -0.39 is 5.97 Å². The fraction of sp³-hybridized carbons (Fsp3) is 0.692.